The first-order valence-corrected chi connectivity index (χ1v) is 9.90. The minimum atomic E-state index is -0.0193. The van der Waals surface area contributed by atoms with Crippen LogP contribution >= 0.6 is 11.8 Å². The van der Waals surface area contributed by atoms with Crippen molar-refractivity contribution in [2.45, 2.75) is 10.9 Å². The molecule has 1 amide bonds. The van der Waals surface area contributed by atoms with E-state index >= 15 is 0 Å². The number of thioether (sulfide) groups is 1. The summed E-state index contributed by atoms with van der Waals surface area (Å²) in [4.78, 5) is 15.3. The number of ether oxygens (including phenoxy) is 1. The SMILES string of the molecule is CSc1ccc(C(=O)N[C@@H](C[NH+]2CCOCC2)c2ccccc2)cc1. The van der Waals surface area contributed by atoms with E-state index in [4.69, 9.17) is 4.74 Å². The van der Waals surface area contributed by atoms with E-state index in [1.54, 1.807) is 11.8 Å². The van der Waals surface area contributed by atoms with Gasteiger partial charge in [-0.1, -0.05) is 30.3 Å². The van der Waals surface area contributed by atoms with Crippen LogP contribution in [0.5, 0.6) is 0 Å². The summed E-state index contributed by atoms with van der Waals surface area (Å²) >= 11 is 1.68. The number of morpholine rings is 1. The smallest absolute Gasteiger partial charge is 0.251 e. The quantitative estimate of drug-likeness (QED) is 0.775. The Hall–Kier alpha value is -1.82. The zero-order chi connectivity index (χ0) is 17.5. The fourth-order valence-corrected chi connectivity index (χ4v) is 3.48. The van der Waals surface area contributed by atoms with Crippen molar-refractivity contribution >= 4 is 17.7 Å². The lowest BCUT2D eigenvalue weighted by Gasteiger charge is -2.28. The van der Waals surface area contributed by atoms with E-state index in [-0.39, 0.29) is 11.9 Å². The molecule has 0 aromatic heterocycles. The van der Waals surface area contributed by atoms with E-state index in [1.165, 1.54) is 4.90 Å². The number of amides is 1. The zero-order valence-electron chi connectivity index (χ0n) is 14.5. The molecule has 1 saturated heterocycles. The van der Waals surface area contributed by atoms with Crippen molar-refractivity contribution in [1.82, 2.24) is 5.32 Å². The van der Waals surface area contributed by atoms with Crippen LogP contribution in [-0.2, 0) is 4.74 Å². The Labute approximate surface area is 153 Å². The van der Waals surface area contributed by atoms with Gasteiger partial charge in [0.05, 0.1) is 13.2 Å². The van der Waals surface area contributed by atoms with Crippen LogP contribution in [0.25, 0.3) is 0 Å². The van der Waals surface area contributed by atoms with Crippen molar-refractivity contribution in [2.24, 2.45) is 0 Å². The highest BCUT2D eigenvalue weighted by Gasteiger charge is 2.23. The molecule has 132 valence electrons. The summed E-state index contributed by atoms with van der Waals surface area (Å²) in [5.41, 5.74) is 1.85. The number of carbonyl (C=O) groups excluding carboxylic acids is 1. The highest BCUT2D eigenvalue weighted by molar-refractivity contribution is 7.98. The molecule has 0 radical (unpaired) electrons. The molecule has 25 heavy (non-hydrogen) atoms. The summed E-state index contributed by atoms with van der Waals surface area (Å²) in [7, 11) is 0. The second kappa shape index (κ2) is 9.04. The lowest BCUT2D eigenvalue weighted by molar-refractivity contribution is -0.909. The van der Waals surface area contributed by atoms with Crippen LogP contribution < -0.4 is 10.2 Å². The van der Waals surface area contributed by atoms with Crippen LogP contribution in [-0.4, -0.2) is 45.0 Å². The standard InChI is InChI=1S/C20H24N2O2S/c1-25-18-9-7-17(8-10-18)20(23)21-19(16-5-3-2-4-6-16)15-22-11-13-24-14-12-22/h2-10,19H,11-15H2,1H3,(H,21,23)/p+1/t19-/m0/s1. The minimum Gasteiger partial charge on any atom is -0.370 e. The van der Waals surface area contributed by atoms with Gasteiger partial charge in [-0.3, -0.25) is 4.79 Å². The van der Waals surface area contributed by atoms with Crippen molar-refractivity contribution in [3.8, 4) is 0 Å². The number of hydrogen-bond acceptors (Lipinski definition) is 3. The largest absolute Gasteiger partial charge is 0.370 e. The summed E-state index contributed by atoms with van der Waals surface area (Å²) < 4.78 is 5.45. The molecule has 4 nitrogen and oxygen atoms in total. The summed E-state index contributed by atoms with van der Waals surface area (Å²) in [6, 6.07) is 18.0. The molecular weight excluding hydrogens is 332 g/mol. The third-order valence-electron chi connectivity index (χ3n) is 4.55. The molecule has 3 rings (SSSR count). The molecule has 1 fully saturated rings. The summed E-state index contributed by atoms with van der Waals surface area (Å²) in [5.74, 6) is -0.0193. The number of hydrogen-bond donors (Lipinski definition) is 2. The van der Waals surface area contributed by atoms with E-state index in [1.807, 2.05) is 48.7 Å². The van der Waals surface area contributed by atoms with Crippen molar-refractivity contribution in [2.75, 3.05) is 39.1 Å². The first-order chi connectivity index (χ1) is 12.3. The maximum Gasteiger partial charge on any atom is 0.251 e. The Morgan fingerprint density at radius 3 is 2.44 bits per heavy atom. The third kappa shape index (κ3) is 5.08. The number of nitrogens with one attached hydrogen (secondary N) is 2. The predicted octanol–water partition coefficient (Wildman–Crippen LogP) is 1.79. The van der Waals surface area contributed by atoms with Crippen LogP contribution in [0.1, 0.15) is 22.0 Å². The Kier molecular flexibility index (Phi) is 6.50. The van der Waals surface area contributed by atoms with Gasteiger partial charge in [-0.2, -0.15) is 0 Å². The Morgan fingerprint density at radius 2 is 1.80 bits per heavy atom. The molecule has 1 aliphatic rings. The van der Waals surface area contributed by atoms with Crippen molar-refractivity contribution in [3.63, 3.8) is 0 Å². The van der Waals surface area contributed by atoms with Crippen LogP contribution in [0.3, 0.4) is 0 Å². The van der Waals surface area contributed by atoms with Gasteiger partial charge < -0.3 is 15.0 Å². The average Bonchev–Trinajstić information content (AvgIpc) is 2.69. The molecule has 2 aromatic rings. The van der Waals surface area contributed by atoms with Gasteiger partial charge in [0, 0.05) is 10.5 Å². The fraction of sp³-hybridized carbons (Fsp3) is 0.350. The zero-order valence-corrected chi connectivity index (χ0v) is 15.4. The Morgan fingerprint density at radius 1 is 1.12 bits per heavy atom. The molecule has 2 aromatic carbocycles. The summed E-state index contributed by atoms with van der Waals surface area (Å²) in [5, 5.41) is 3.23. The Balaban J connectivity index is 1.72. The minimum absolute atomic E-state index is 0.00188. The number of carbonyl (C=O) groups is 1. The van der Waals surface area contributed by atoms with E-state index in [0.717, 1.165) is 43.3 Å². The maximum absolute atomic E-state index is 12.7. The van der Waals surface area contributed by atoms with Gasteiger partial charge in [0.2, 0.25) is 0 Å². The van der Waals surface area contributed by atoms with E-state index in [9.17, 15) is 4.79 Å². The topological polar surface area (TPSA) is 42.8 Å². The van der Waals surface area contributed by atoms with Crippen molar-refractivity contribution in [1.29, 1.82) is 0 Å². The Bertz CT molecular complexity index is 670. The van der Waals surface area contributed by atoms with E-state index in [0.29, 0.717) is 5.56 Å². The molecule has 0 bridgehead atoms. The highest BCUT2D eigenvalue weighted by Crippen LogP contribution is 2.16. The first kappa shape index (κ1) is 18.0. The molecule has 0 unspecified atom stereocenters. The van der Waals surface area contributed by atoms with Crippen LogP contribution in [0.15, 0.2) is 59.5 Å². The summed E-state index contributed by atoms with van der Waals surface area (Å²) in [6.07, 6.45) is 2.03. The van der Waals surface area contributed by atoms with E-state index in [2.05, 4.69) is 17.4 Å². The third-order valence-corrected chi connectivity index (χ3v) is 5.30. The lowest BCUT2D eigenvalue weighted by Crippen LogP contribution is -3.14. The molecule has 2 N–H and O–H groups in total. The van der Waals surface area contributed by atoms with Crippen molar-refractivity contribution in [3.05, 3.63) is 65.7 Å². The number of benzene rings is 2. The molecule has 0 spiro atoms. The fourth-order valence-electron chi connectivity index (χ4n) is 3.07. The van der Waals surface area contributed by atoms with Gasteiger partial charge in [-0.25, -0.2) is 0 Å². The molecule has 1 heterocycles. The van der Waals surface area contributed by atoms with E-state index < -0.39 is 0 Å². The van der Waals surface area contributed by atoms with Crippen LogP contribution in [0.4, 0.5) is 0 Å². The second-order valence-electron chi connectivity index (χ2n) is 6.23. The monoisotopic (exact) mass is 357 g/mol. The summed E-state index contributed by atoms with van der Waals surface area (Å²) in [6.45, 7) is 4.44. The van der Waals surface area contributed by atoms with Gasteiger partial charge in [0.15, 0.2) is 0 Å². The molecular formula is C20H25N2O2S+. The van der Waals surface area contributed by atoms with Gasteiger partial charge >= 0.3 is 0 Å². The van der Waals surface area contributed by atoms with Gasteiger partial charge in [0.25, 0.3) is 5.91 Å². The van der Waals surface area contributed by atoms with Crippen molar-refractivity contribution < 1.29 is 14.4 Å². The highest BCUT2D eigenvalue weighted by atomic mass is 32.2. The van der Waals surface area contributed by atoms with Gasteiger partial charge in [0.1, 0.15) is 25.7 Å². The molecule has 5 heteroatoms. The molecule has 0 aliphatic carbocycles. The first-order valence-electron chi connectivity index (χ1n) is 8.67. The number of quaternary nitrogens is 1. The predicted molar refractivity (Wildman–Crippen MR) is 101 cm³/mol. The molecule has 0 saturated carbocycles. The van der Waals surface area contributed by atoms with Crippen LogP contribution in [0, 0.1) is 0 Å². The van der Waals surface area contributed by atoms with Crippen LogP contribution in [0.2, 0.25) is 0 Å². The van der Waals surface area contributed by atoms with Gasteiger partial charge in [-0.05, 0) is 36.1 Å². The number of rotatable bonds is 6. The lowest BCUT2D eigenvalue weighted by atomic mass is 10.1. The second-order valence-corrected chi connectivity index (χ2v) is 7.11. The maximum atomic E-state index is 12.7. The molecule has 1 atom stereocenters. The normalized spacial score (nSPS) is 16.4. The average molecular weight is 357 g/mol. The molecule has 1 aliphatic heterocycles. The van der Waals surface area contributed by atoms with Gasteiger partial charge in [-0.15, -0.1) is 11.8 Å².